The fourth-order valence-corrected chi connectivity index (χ4v) is 17.4. The van der Waals surface area contributed by atoms with Crippen LogP contribution in [0, 0.1) is 0 Å². The van der Waals surface area contributed by atoms with Crippen molar-refractivity contribution in [3.8, 4) is 0 Å². The van der Waals surface area contributed by atoms with Crippen molar-refractivity contribution in [3.63, 3.8) is 0 Å². The molecule has 0 bridgehead atoms. The summed E-state index contributed by atoms with van der Waals surface area (Å²) in [6.07, 6.45) is -2.97. The molecule has 0 heterocycles. The molecule has 3 aromatic rings. The molecular formula is C18H15Cl3Si2. The van der Waals surface area contributed by atoms with Crippen LogP contribution in [0.1, 0.15) is 0 Å². The quantitative estimate of drug-likeness (QED) is 0.466. The summed E-state index contributed by atoms with van der Waals surface area (Å²) in [6.45, 7) is -2.83. The van der Waals surface area contributed by atoms with Gasteiger partial charge in [0, 0.05) is 0 Å². The van der Waals surface area contributed by atoms with Crippen LogP contribution in [0.15, 0.2) is 91.0 Å². The van der Waals surface area contributed by atoms with E-state index >= 15 is 0 Å². The van der Waals surface area contributed by atoms with Gasteiger partial charge >= 0.3 is 0 Å². The Morgan fingerprint density at radius 2 is 0.739 bits per heavy atom. The van der Waals surface area contributed by atoms with Crippen molar-refractivity contribution in [1.82, 2.24) is 0 Å². The van der Waals surface area contributed by atoms with Crippen molar-refractivity contribution in [2.75, 3.05) is 0 Å². The Hall–Kier alpha value is -1.04. The van der Waals surface area contributed by atoms with Crippen LogP contribution in [-0.4, -0.2) is 13.1 Å². The molecule has 0 N–H and O–H groups in total. The van der Waals surface area contributed by atoms with Crippen molar-refractivity contribution in [2.24, 2.45) is 0 Å². The average Bonchev–Trinajstić information content (AvgIpc) is 2.63. The van der Waals surface area contributed by atoms with E-state index in [0.29, 0.717) is 0 Å². The highest BCUT2D eigenvalue weighted by Crippen LogP contribution is 2.30. The van der Waals surface area contributed by atoms with E-state index in [-0.39, 0.29) is 0 Å². The summed E-state index contributed by atoms with van der Waals surface area (Å²) >= 11 is 21.5. The predicted molar refractivity (Wildman–Crippen MR) is 107 cm³/mol. The Balaban J connectivity index is 2.25. The zero-order valence-corrected chi connectivity index (χ0v) is 16.6. The fraction of sp³-hybridized carbons (Fsp3) is 0. The van der Waals surface area contributed by atoms with Crippen LogP contribution in [0.25, 0.3) is 0 Å². The molecule has 0 saturated heterocycles. The third-order valence-corrected chi connectivity index (χ3v) is 25.3. The van der Waals surface area contributed by atoms with E-state index in [1.54, 1.807) is 0 Å². The summed E-state index contributed by atoms with van der Waals surface area (Å²) in [4.78, 5) is 0. The Kier molecular flexibility index (Phi) is 4.99. The van der Waals surface area contributed by atoms with E-state index in [1.807, 2.05) is 91.0 Å². The number of hydrogen-bond acceptors (Lipinski definition) is 0. The van der Waals surface area contributed by atoms with E-state index < -0.39 is 13.1 Å². The zero-order chi connectivity index (χ0) is 16.3. The van der Waals surface area contributed by atoms with Crippen molar-refractivity contribution in [3.05, 3.63) is 91.0 Å². The van der Waals surface area contributed by atoms with Crippen LogP contribution in [-0.2, 0) is 0 Å². The van der Waals surface area contributed by atoms with Gasteiger partial charge in [0.25, 0.3) is 6.21 Å². The number of rotatable bonds is 4. The first kappa shape index (κ1) is 16.8. The topological polar surface area (TPSA) is 0 Å². The Bertz CT molecular complexity index is 723. The minimum absolute atomic E-state index is 0.956. The molecule has 3 aromatic carbocycles. The summed E-state index contributed by atoms with van der Waals surface area (Å²) in [7, 11) is 0. The lowest BCUT2D eigenvalue weighted by molar-refractivity contribution is 1.73. The lowest BCUT2D eigenvalue weighted by atomic mass is 10.4. The highest BCUT2D eigenvalue weighted by atomic mass is 35.7. The van der Waals surface area contributed by atoms with Gasteiger partial charge in [0.05, 0.1) is 0 Å². The van der Waals surface area contributed by atoms with Gasteiger partial charge in [-0.1, -0.05) is 91.0 Å². The summed E-state index contributed by atoms with van der Waals surface area (Å²) in [5, 5.41) is 3.06. The molecule has 0 aliphatic rings. The van der Waals surface area contributed by atoms with E-state index in [4.69, 9.17) is 33.2 Å². The molecule has 0 atom stereocenters. The zero-order valence-electron chi connectivity index (χ0n) is 12.3. The van der Waals surface area contributed by atoms with Crippen molar-refractivity contribution < 1.29 is 0 Å². The van der Waals surface area contributed by atoms with Crippen LogP contribution in [0.4, 0.5) is 0 Å². The van der Waals surface area contributed by atoms with E-state index in [1.165, 1.54) is 0 Å². The average molecular weight is 394 g/mol. The highest BCUT2D eigenvalue weighted by Gasteiger charge is 2.57. The van der Waals surface area contributed by atoms with Gasteiger partial charge in [-0.2, -0.15) is 11.1 Å². The number of halogens is 3. The number of hydrogen-bond donors (Lipinski definition) is 0. The van der Waals surface area contributed by atoms with Gasteiger partial charge in [0.1, 0.15) is 0 Å². The fourth-order valence-electron chi connectivity index (χ4n) is 2.71. The van der Waals surface area contributed by atoms with Crippen LogP contribution in [0.2, 0.25) is 0 Å². The molecule has 3 rings (SSSR count). The molecule has 0 saturated carbocycles. The van der Waals surface area contributed by atoms with Crippen molar-refractivity contribution >= 4 is 61.9 Å². The van der Waals surface area contributed by atoms with Gasteiger partial charge in [-0.3, -0.25) is 0 Å². The molecule has 0 unspecified atom stereocenters. The molecule has 0 aliphatic carbocycles. The molecule has 23 heavy (non-hydrogen) atoms. The van der Waals surface area contributed by atoms with E-state index in [2.05, 4.69) is 0 Å². The summed E-state index contributed by atoms with van der Waals surface area (Å²) in [5.74, 6) is 0. The van der Waals surface area contributed by atoms with Crippen molar-refractivity contribution in [2.45, 2.75) is 0 Å². The SMILES string of the molecule is Cl[Si](Cl)(c1ccccc1)[Si](Cl)(c1ccccc1)c1ccccc1. The van der Waals surface area contributed by atoms with Gasteiger partial charge in [-0.25, -0.2) is 0 Å². The Morgan fingerprint density at radius 1 is 0.435 bits per heavy atom. The minimum atomic E-state index is -2.97. The molecule has 0 amide bonds. The molecular weight excluding hydrogens is 379 g/mol. The van der Waals surface area contributed by atoms with Gasteiger partial charge in [-0.15, -0.1) is 22.2 Å². The first-order valence-corrected chi connectivity index (χ1v) is 15.3. The van der Waals surface area contributed by atoms with Crippen LogP contribution >= 0.6 is 33.2 Å². The van der Waals surface area contributed by atoms with E-state index in [9.17, 15) is 0 Å². The normalized spacial score (nSPS) is 12.1. The molecule has 0 spiro atoms. The maximum atomic E-state index is 7.35. The maximum Gasteiger partial charge on any atom is 0.295 e. The van der Waals surface area contributed by atoms with Gasteiger partial charge in [0.15, 0.2) is 0 Å². The molecule has 0 aromatic heterocycles. The van der Waals surface area contributed by atoms with Gasteiger partial charge in [-0.05, 0) is 15.6 Å². The third-order valence-electron chi connectivity index (χ3n) is 3.91. The van der Waals surface area contributed by atoms with E-state index in [0.717, 1.165) is 15.6 Å². The molecule has 0 radical (unpaired) electrons. The second kappa shape index (κ2) is 6.83. The summed E-state index contributed by atoms with van der Waals surface area (Å²) < 4.78 is 0. The van der Waals surface area contributed by atoms with Crippen LogP contribution in [0.5, 0.6) is 0 Å². The summed E-state index contributed by atoms with van der Waals surface area (Å²) in [6, 6.07) is 30.0. The van der Waals surface area contributed by atoms with Crippen LogP contribution in [0.3, 0.4) is 0 Å². The van der Waals surface area contributed by atoms with Gasteiger partial charge < -0.3 is 0 Å². The number of benzene rings is 3. The van der Waals surface area contributed by atoms with Gasteiger partial charge in [0.2, 0.25) is 6.90 Å². The molecule has 0 aliphatic heterocycles. The second-order valence-corrected chi connectivity index (χ2v) is 22.6. The smallest absolute Gasteiger partial charge is 0.155 e. The maximum absolute atomic E-state index is 7.35. The molecule has 116 valence electrons. The Morgan fingerprint density at radius 3 is 1.09 bits per heavy atom. The van der Waals surface area contributed by atoms with Crippen LogP contribution < -0.4 is 15.6 Å². The molecule has 0 nitrogen and oxygen atoms in total. The monoisotopic (exact) mass is 392 g/mol. The second-order valence-electron chi connectivity index (χ2n) is 5.33. The standard InChI is InChI=1S/C18H15Cl3Si2/c19-22(16-10-4-1-5-11-16,17-12-6-2-7-13-17)23(20,21)18-14-8-3-9-15-18/h1-15H. The molecule has 5 heteroatoms. The first-order valence-electron chi connectivity index (χ1n) is 7.30. The summed E-state index contributed by atoms with van der Waals surface area (Å²) in [5.41, 5.74) is 0. The van der Waals surface area contributed by atoms with Crippen molar-refractivity contribution in [1.29, 1.82) is 0 Å². The lowest BCUT2D eigenvalue weighted by Crippen LogP contribution is -2.73. The molecule has 0 fully saturated rings. The Labute approximate surface area is 152 Å². The largest absolute Gasteiger partial charge is 0.295 e. The lowest BCUT2D eigenvalue weighted by Gasteiger charge is -2.35. The minimum Gasteiger partial charge on any atom is -0.155 e. The third kappa shape index (κ3) is 3.02. The first-order chi connectivity index (χ1) is 11.1. The predicted octanol–water partition coefficient (Wildman–Crippen LogP) is 3.89. The highest BCUT2D eigenvalue weighted by molar-refractivity contribution is 7.91.